The summed E-state index contributed by atoms with van der Waals surface area (Å²) >= 11 is 3.67. The number of methoxy groups -OCH3 is 1. The van der Waals surface area contributed by atoms with Crippen LogP contribution in [0, 0.1) is 20.8 Å². The van der Waals surface area contributed by atoms with Gasteiger partial charge in [0.15, 0.2) is 0 Å². The number of nitrogens with two attached hydrogens (primary N) is 1. The zero-order valence-electron chi connectivity index (χ0n) is 12.8. The molecule has 0 spiro atoms. The van der Waals surface area contributed by atoms with E-state index in [-0.39, 0.29) is 5.54 Å². The summed E-state index contributed by atoms with van der Waals surface area (Å²) in [4.78, 5) is 0. The Morgan fingerprint density at radius 3 is 2.21 bits per heavy atom. The van der Waals surface area contributed by atoms with Crippen LogP contribution in [0.2, 0.25) is 0 Å². The van der Waals surface area contributed by atoms with Crippen LogP contribution in [-0.4, -0.2) is 19.2 Å². The Bertz CT molecular complexity index is 464. The first-order valence-corrected chi connectivity index (χ1v) is 7.30. The van der Waals surface area contributed by atoms with Crippen molar-refractivity contribution in [2.75, 3.05) is 13.7 Å². The highest BCUT2D eigenvalue weighted by atomic mass is 79.9. The topological polar surface area (TPSA) is 47.3 Å². The molecule has 1 aromatic carbocycles. The smallest absolute Gasteiger partial charge is 0.126 e. The normalized spacial score (nSPS) is 11.8. The van der Waals surface area contributed by atoms with Gasteiger partial charge in [-0.25, -0.2) is 0 Å². The van der Waals surface area contributed by atoms with Gasteiger partial charge in [0.05, 0.1) is 7.11 Å². The lowest BCUT2D eigenvalue weighted by Gasteiger charge is -2.22. The van der Waals surface area contributed by atoms with E-state index in [0.717, 1.165) is 23.3 Å². The zero-order valence-corrected chi connectivity index (χ0v) is 14.4. The van der Waals surface area contributed by atoms with Gasteiger partial charge < -0.3 is 15.8 Å². The van der Waals surface area contributed by atoms with Crippen LogP contribution in [0.15, 0.2) is 4.47 Å². The minimum absolute atomic E-state index is 0.210. The van der Waals surface area contributed by atoms with Crippen molar-refractivity contribution >= 4 is 15.9 Å². The molecule has 1 rings (SSSR count). The fourth-order valence-electron chi connectivity index (χ4n) is 2.14. The third-order valence-electron chi connectivity index (χ3n) is 3.37. The van der Waals surface area contributed by atoms with Gasteiger partial charge >= 0.3 is 0 Å². The van der Waals surface area contributed by atoms with Crippen molar-refractivity contribution in [1.29, 1.82) is 0 Å². The molecule has 0 heterocycles. The van der Waals surface area contributed by atoms with Crippen molar-refractivity contribution in [2.24, 2.45) is 5.73 Å². The van der Waals surface area contributed by atoms with Crippen LogP contribution in [0.3, 0.4) is 0 Å². The first kappa shape index (κ1) is 16.5. The second-order valence-electron chi connectivity index (χ2n) is 5.79. The van der Waals surface area contributed by atoms with Crippen molar-refractivity contribution in [3.63, 3.8) is 0 Å². The highest BCUT2D eigenvalue weighted by Crippen LogP contribution is 2.35. The summed E-state index contributed by atoms with van der Waals surface area (Å²) in [5.41, 5.74) is 10.6. The molecule has 108 valence electrons. The Labute approximate surface area is 125 Å². The minimum Gasteiger partial charge on any atom is -0.496 e. The molecule has 19 heavy (non-hydrogen) atoms. The first-order valence-electron chi connectivity index (χ1n) is 6.50. The van der Waals surface area contributed by atoms with Crippen molar-refractivity contribution in [3.05, 3.63) is 26.7 Å². The maximum Gasteiger partial charge on any atom is 0.126 e. The molecule has 0 aliphatic heterocycles. The molecule has 0 radical (unpaired) electrons. The lowest BCUT2D eigenvalue weighted by molar-refractivity contribution is 0.400. The molecule has 0 unspecified atom stereocenters. The third-order valence-corrected chi connectivity index (χ3v) is 4.56. The van der Waals surface area contributed by atoms with Crippen molar-refractivity contribution in [2.45, 2.75) is 46.7 Å². The summed E-state index contributed by atoms with van der Waals surface area (Å²) in [6.07, 6.45) is 0. The van der Waals surface area contributed by atoms with Gasteiger partial charge in [-0.15, -0.1) is 0 Å². The number of rotatable bonds is 5. The SMILES string of the molecule is COc1c(C)c(C)c(Br)c(C)c1CNCC(C)(C)N. The van der Waals surface area contributed by atoms with E-state index < -0.39 is 0 Å². The second-order valence-corrected chi connectivity index (χ2v) is 6.59. The standard InChI is InChI=1S/C15H25BrN2O/c1-9-10(2)14(19-6)12(11(3)13(9)16)7-18-8-15(4,5)17/h18H,7-8,17H2,1-6H3. The molecule has 1 aromatic rings. The largest absolute Gasteiger partial charge is 0.496 e. The van der Waals surface area contributed by atoms with Gasteiger partial charge in [0.2, 0.25) is 0 Å². The Morgan fingerprint density at radius 1 is 1.16 bits per heavy atom. The molecule has 0 amide bonds. The maximum atomic E-state index is 5.99. The molecule has 3 N–H and O–H groups in total. The Balaban J connectivity index is 3.06. The first-order chi connectivity index (χ1) is 8.69. The van der Waals surface area contributed by atoms with E-state index in [1.54, 1.807) is 7.11 Å². The molecule has 0 aliphatic carbocycles. The summed E-state index contributed by atoms with van der Waals surface area (Å²) in [6.45, 7) is 11.9. The number of benzene rings is 1. The minimum atomic E-state index is -0.210. The van der Waals surface area contributed by atoms with Gasteiger partial charge in [-0.2, -0.15) is 0 Å². The van der Waals surface area contributed by atoms with E-state index >= 15 is 0 Å². The fourth-order valence-corrected chi connectivity index (χ4v) is 2.68. The lowest BCUT2D eigenvalue weighted by Crippen LogP contribution is -2.42. The van der Waals surface area contributed by atoms with Gasteiger partial charge in [0, 0.05) is 28.7 Å². The predicted molar refractivity (Wildman–Crippen MR) is 84.9 cm³/mol. The number of hydrogen-bond acceptors (Lipinski definition) is 3. The molecule has 0 aliphatic rings. The number of nitrogens with one attached hydrogen (secondary N) is 1. The molecule has 0 atom stereocenters. The lowest BCUT2D eigenvalue weighted by atomic mass is 9.98. The van der Waals surface area contributed by atoms with E-state index in [1.165, 1.54) is 22.3 Å². The molecule has 3 nitrogen and oxygen atoms in total. The average molecular weight is 329 g/mol. The van der Waals surface area contributed by atoms with Crippen molar-refractivity contribution in [3.8, 4) is 5.75 Å². The summed E-state index contributed by atoms with van der Waals surface area (Å²) in [5.74, 6) is 0.973. The van der Waals surface area contributed by atoms with E-state index in [0.29, 0.717) is 0 Å². The maximum absolute atomic E-state index is 5.99. The molecule has 0 fully saturated rings. The highest BCUT2D eigenvalue weighted by molar-refractivity contribution is 9.10. The van der Waals surface area contributed by atoms with Gasteiger partial charge in [-0.05, 0) is 51.3 Å². The third kappa shape index (κ3) is 3.94. The predicted octanol–water partition coefficient (Wildman–Crippen LogP) is 3.21. The monoisotopic (exact) mass is 328 g/mol. The highest BCUT2D eigenvalue weighted by Gasteiger charge is 2.17. The summed E-state index contributed by atoms with van der Waals surface area (Å²) in [5, 5.41) is 3.41. The number of hydrogen-bond donors (Lipinski definition) is 2. The van der Waals surface area contributed by atoms with Crippen LogP contribution >= 0.6 is 15.9 Å². The van der Waals surface area contributed by atoms with E-state index in [2.05, 4.69) is 42.0 Å². The van der Waals surface area contributed by atoms with Crippen LogP contribution < -0.4 is 15.8 Å². The van der Waals surface area contributed by atoms with Crippen LogP contribution in [0.25, 0.3) is 0 Å². The average Bonchev–Trinajstić information content (AvgIpc) is 2.32. The Hall–Kier alpha value is -0.580. The summed E-state index contributed by atoms with van der Waals surface area (Å²) in [6, 6.07) is 0. The van der Waals surface area contributed by atoms with Gasteiger partial charge in [0.1, 0.15) is 5.75 Å². The van der Waals surface area contributed by atoms with Gasteiger partial charge in [-0.1, -0.05) is 15.9 Å². The van der Waals surface area contributed by atoms with Gasteiger partial charge in [0.25, 0.3) is 0 Å². The molecule has 0 saturated heterocycles. The number of ether oxygens (including phenoxy) is 1. The summed E-state index contributed by atoms with van der Waals surface area (Å²) < 4.78 is 6.75. The summed E-state index contributed by atoms with van der Waals surface area (Å²) in [7, 11) is 1.73. The quantitative estimate of drug-likeness (QED) is 0.872. The Kier molecular flexibility index (Phi) is 5.42. The van der Waals surface area contributed by atoms with Crippen LogP contribution in [0.5, 0.6) is 5.75 Å². The van der Waals surface area contributed by atoms with E-state index in [1.807, 2.05) is 13.8 Å². The van der Waals surface area contributed by atoms with E-state index in [9.17, 15) is 0 Å². The molecule has 0 saturated carbocycles. The molecular weight excluding hydrogens is 304 g/mol. The molecular formula is C15H25BrN2O. The van der Waals surface area contributed by atoms with Crippen molar-refractivity contribution in [1.82, 2.24) is 5.32 Å². The molecule has 4 heteroatoms. The van der Waals surface area contributed by atoms with Crippen LogP contribution in [0.4, 0.5) is 0 Å². The van der Waals surface area contributed by atoms with Crippen LogP contribution in [0.1, 0.15) is 36.1 Å². The second kappa shape index (κ2) is 6.25. The van der Waals surface area contributed by atoms with Crippen LogP contribution in [-0.2, 0) is 6.54 Å². The molecule has 0 aromatic heterocycles. The fraction of sp³-hybridized carbons (Fsp3) is 0.600. The van der Waals surface area contributed by atoms with Gasteiger partial charge in [-0.3, -0.25) is 0 Å². The zero-order chi connectivity index (χ0) is 14.8. The Morgan fingerprint density at radius 2 is 1.74 bits per heavy atom. The van der Waals surface area contributed by atoms with E-state index in [4.69, 9.17) is 10.5 Å². The van der Waals surface area contributed by atoms with Crippen molar-refractivity contribution < 1.29 is 4.74 Å². The number of halogens is 1. The molecule has 0 bridgehead atoms.